The molecule has 1 saturated heterocycles. The molecular formula is C11H9ClFN3O. The number of aromatic nitrogens is 2. The summed E-state index contributed by atoms with van der Waals surface area (Å²) in [5.74, 6) is 0.506. The maximum absolute atomic E-state index is 13.6. The number of hydrogen-bond acceptors (Lipinski definition) is 4. The number of nitrogens with zero attached hydrogens (tertiary/aromatic N) is 2. The second-order valence-electron chi connectivity index (χ2n) is 3.91. The van der Waals surface area contributed by atoms with Gasteiger partial charge >= 0.3 is 0 Å². The zero-order chi connectivity index (χ0) is 11.8. The van der Waals surface area contributed by atoms with Crippen molar-refractivity contribution in [2.45, 2.75) is 5.92 Å². The minimum absolute atomic E-state index is 0.191. The average molecular weight is 254 g/mol. The van der Waals surface area contributed by atoms with E-state index in [0.29, 0.717) is 5.89 Å². The fourth-order valence-electron chi connectivity index (χ4n) is 1.68. The van der Waals surface area contributed by atoms with Crippen LogP contribution in [0, 0.1) is 5.82 Å². The Labute approximate surface area is 102 Å². The summed E-state index contributed by atoms with van der Waals surface area (Å²) in [7, 11) is 0. The molecule has 1 aliphatic heterocycles. The summed E-state index contributed by atoms with van der Waals surface area (Å²) in [5.41, 5.74) is 0.191. The van der Waals surface area contributed by atoms with Gasteiger partial charge < -0.3 is 9.84 Å². The topological polar surface area (TPSA) is 51.0 Å². The van der Waals surface area contributed by atoms with Gasteiger partial charge in [-0.2, -0.15) is 4.98 Å². The van der Waals surface area contributed by atoms with Crippen molar-refractivity contribution in [2.24, 2.45) is 0 Å². The molecule has 2 aromatic rings. The van der Waals surface area contributed by atoms with Gasteiger partial charge in [0, 0.05) is 13.1 Å². The first kappa shape index (κ1) is 10.7. The summed E-state index contributed by atoms with van der Waals surface area (Å²) in [6.07, 6.45) is 0. The Hall–Kier alpha value is -1.46. The van der Waals surface area contributed by atoms with Crippen molar-refractivity contribution >= 4 is 11.6 Å². The SMILES string of the molecule is Fc1cccc(Cl)c1-c1noc(C2CNC2)n1. The summed E-state index contributed by atoms with van der Waals surface area (Å²) in [6.45, 7) is 1.62. The first-order valence-corrected chi connectivity index (χ1v) is 5.62. The highest BCUT2D eigenvalue weighted by atomic mass is 35.5. The fourth-order valence-corrected chi connectivity index (χ4v) is 1.92. The van der Waals surface area contributed by atoms with Gasteiger partial charge in [-0.05, 0) is 12.1 Å². The van der Waals surface area contributed by atoms with E-state index >= 15 is 0 Å². The zero-order valence-electron chi connectivity index (χ0n) is 8.78. The largest absolute Gasteiger partial charge is 0.339 e. The molecule has 1 N–H and O–H groups in total. The minimum atomic E-state index is -0.448. The van der Waals surface area contributed by atoms with Gasteiger partial charge in [-0.3, -0.25) is 0 Å². The van der Waals surface area contributed by atoms with Crippen molar-refractivity contribution in [1.82, 2.24) is 15.5 Å². The maximum atomic E-state index is 13.6. The summed E-state index contributed by atoms with van der Waals surface area (Å²) in [6, 6.07) is 4.46. The molecule has 0 saturated carbocycles. The molecule has 1 aromatic heterocycles. The Morgan fingerprint density at radius 3 is 2.88 bits per heavy atom. The lowest BCUT2D eigenvalue weighted by molar-refractivity contribution is 0.308. The van der Waals surface area contributed by atoms with Gasteiger partial charge in [0.15, 0.2) is 0 Å². The first-order valence-electron chi connectivity index (χ1n) is 5.24. The maximum Gasteiger partial charge on any atom is 0.232 e. The first-order chi connectivity index (χ1) is 8.25. The molecular weight excluding hydrogens is 245 g/mol. The number of benzene rings is 1. The molecule has 3 rings (SSSR count). The van der Waals surface area contributed by atoms with Crippen LogP contribution in [0.25, 0.3) is 11.4 Å². The van der Waals surface area contributed by atoms with Crippen molar-refractivity contribution in [2.75, 3.05) is 13.1 Å². The summed E-state index contributed by atoms with van der Waals surface area (Å²) < 4.78 is 18.7. The predicted molar refractivity (Wildman–Crippen MR) is 60.3 cm³/mol. The van der Waals surface area contributed by atoms with Crippen LogP contribution >= 0.6 is 11.6 Å². The predicted octanol–water partition coefficient (Wildman–Crippen LogP) is 2.22. The molecule has 1 aliphatic rings. The van der Waals surface area contributed by atoms with Crippen LogP contribution < -0.4 is 5.32 Å². The standard InChI is InChI=1S/C11H9ClFN3O/c12-7-2-1-3-8(13)9(7)10-15-11(17-16-10)6-4-14-5-6/h1-3,6,14H,4-5H2. The Morgan fingerprint density at radius 2 is 2.24 bits per heavy atom. The third-order valence-corrected chi connectivity index (χ3v) is 3.07. The van der Waals surface area contributed by atoms with Crippen LogP contribution in [0.3, 0.4) is 0 Å². The molecule has 0 radical (unpaired) electrons. The van der Waals surface area contributed by atoms with Crippen molar-refractivity contribution in [3.05, 3.63) is 34.9 Å². The van der Waals surface area contributed by atoms with E-state index in [-0.39, 0.29) is 22.3 Å². The lowest BCUT2D eigenvalue weighted by atomic mass is 10.0. The molecule has 6 heteroatoms. The molecule has 0 atom stereocenters. The van der Waals surface area contributed by atoms with Crippen LogP contribution in [0.1, 0.15) is 11.8 Å². The summed E-state index contributed by atoms with van der Waals surface area (Å²) >= 11 is 5.93. The quantitative estimate of drug-likeness (QED) is 0.892. The number of halogens is 2. The zero-order valence-corrected chi connectivity index (χ0v) is 9.54. The van der Waals surface area contributed by atoms with E-state index in [0.717, 1.165) is 13.1 Å². The van der Waals surface area contributed by atoms with E-state index in [2.05, 4.69) is 15.5 Å². The minimum Gasteiger partial charge on any atom is -0.339 e. The highest BCUT2D eigenvalue weighted by molar-refractivity contribution is 6.33. The molecule has 4 nitrogen and oxygen atoms in total. The van der Waals surface area contributed by atoms with Crippen molar-refractivity contribution in [3.63, 3.8) is 0 Å². The van der Waals surface area contributed by atoms with Gasteiger partial charge in [0.05, 0.1) is 16.5 Å². The Balaban J connectivity index is 2.00. The number of hydrogen-bond donors (Lipinski definition) is 1. The monoisotopic (exact) mass is 253 g/mol. The van der Waals surface area contributed by atoms with Gasteiger partial charge in [0.1, 0.15) is 5.82 Å². The third-order valence-electron chi connectivity index (χ3n) is 2.76. The summed E-state index contributed by atoms with van der Waals surface area (Å²) in [5, 5.41) is 7.16. The van der Waals surface area contributed by atoms with Crippen LogP contribution in [-0.2, 0) is 0 Å². The second kappa shape index (κ2) is 4.09. The van der Waals surface area contributed by atoms with Crippen LogP contribution in [0.5, 0.6) is 0 Å². The Bertz CT molecular complexity index is 533. The molecule has 0 aliphatic carbocycles. The molecule has 1 aromatic carbocycles. The molecule has 0 bridgehead atoms. The lowest BCUT2D eigenvalue weighted by Gasteiger charge is -2.22. The van der Waals surface area contributed by atoms with Gasteiger partial charge in [0.25, 0.3) is 0 Å². The van der Waals surface area contributed by atoms with Gasteiger partial charge in [-0.1, -0.05) is 22.8 Å². The smallest absolute Gasteiger partial charge is 0.232 e. The van der Waals surface area contributed by atoms with E-state index in [4.69, 9.17) is 16.1 Å². The Kier molecular flexibility index (Phi) is 2.57. The van der Waals surface area contributed by atoms with Crippen LogP contribution in [0.2, 0.25) is 5.02 Å². The molecule has 88 valence electrons. The van der Waals surface area contributed by atoms with Gasteiger partial charge in [-0.25, -0.2) is 4.39 Å². The van der Waals surface area contributed by atoms with Crippen molar-refractivity contribution in [1.29, 1.82) is 0 Å². The van der Waals surface area contributed by atoms with E-state index in [1.165, 1.54) is 12.1 Å². The number of rotatable bonds is 2. The van der Waals surface area contributed by atoms with Crippen LogP contribution in [0.4, 0.5) is 4.39 Å². The molecule has 17 heavy (non-hydrogen) atoms. The van der Waals surface area contributed by atoms with Crippen molar-refractivity contribution < 1.29 is 8.91 Å². The van der Waals surface area contributed by atoms with Crippen molar-refractivity contribution in [3.8, 4) is 11.4 Å². The van der Waals surface area contributed by atoms with E-state index < -0.39 is 5.82 Å². The fraction of sp³-hybridized carbons (Fsp3) is 0.273. The second-order valence-corrected chi connectivity index (χ2v) is 4.32. The average Bonchev–Trinajstić information content (AvgIpc) is 2.64. The molecule has 0 amide bonds. The third kappa shape index (κ3) is 1.81. The lowest BCUT2D eigenvalue weighted by Crippen LogP contribution is -2.40. The molecule has 0 spiro atoms. The highest BCUT2D eigenvalue weighted by Crippen LogP contribution is 2.29. The van der Waals surface area contributed by atoms with E-state index in [9.17, 15) is 4.39 Å². The molecule has 1 fully saturated rings. The van der Waals surface area contributed by atoms with E-state index in [1.807, 2.05) is 0 Å². The molecule has 0 unspecified atom stereocenters. The number of nitrogens with one attached hydrogen (secondary N) is 1. The van der Waals surface area contributed by atoms with E-state index in [1.54, 1.807) is 6.07 Å². The summed E-state index contributed by atoms with van der Waals surface area (Å²) in [4.78, 5) is 4.18. The van der Waals surface area contributed by atoms with Crippen LogP contribution in [0.15, 0.2) is 22.7 Å². The Morgan fingerprint density at radius 1 is 1.41 bits per heavy atom. The highest BCUT2D eigenvalue weighted by Gasteiger charge is 2.26. The van der Waals surface area contributed by atoms with Crippen LogP contribution in [-0.4, -0.2) is 23.2 Å². The van der Waals surface area contributed by atoms with Gasteiger partial charge in [0.2, 0.25) is 11.7 Å². The van der Waals surface area contributed by atoms with Gasteiger partial charge in [-0.15, -0.1) is 0 Å². The normalized spacial score (nSPS) is 15.9. The molecule has 2 heterocycles.